The van der Waals surface area contributed by atoms with Gasteiger partial charge in [-0.2, -0.15) is 0 Å². The molecule has 0 spiro atoms. The van der Waals surface area contributed by atoms with Crippen LogP contribution in [-0.4, -0.2) is 54.6 Å². The van der Waals surface area contributed by atoms with E-state index in [1.807, 2.05) is 0 Å². The lowest BCUT2D eigenvalue weighted by atomic mass is 10.1. The van der Waals surface area contributed by atoms with Crippen LogP contribution in [0.5, 0.6) is 0 Å². The molecule has 6 N–H and O–H groups in total. The predicted molar refractivity (Wildman–Crippen MR) is 87.8 cm³/mol. The summed E-state index contributed by atoms with van der Waals surface area (Å²) in [6.45, 7) is -0.437. The van der Waals surface area contributed by atoms with Crippen LogP contribution in [0.15, 0.2) is 17.6 Å². The molecule has 2 aromatic rings. The van der Waals surface area contributed by atoms with Gasteiger partial charge in [-0.15, -0.1) is 0 Å². The molecule has 4 atom stereocenters. The maximum Gasteiger partial charge on any atom is 0.148 e. The number of azide groups is 1. The summed E-state index contributed by atoms with van der Waals surface area (Å²) >= 11 is 5.03. The first kappa shape index (κ1) is 16.4. The van der Waals surface area contributed by atoms with E-state index in [4.69, 9.17) is 34.0 Å². The lowest BCUT2D eigenvalue weighted by Crippen LogP contribution is -2.31. The summed E-state index contributed by atoms with van der Waals surface area (Å²) in [5.41, 5.74) is 21.2. The van der Waals surface area contributed by atoms with Gasteiger partial charge in [-0.3, -0.25) is 0 Å². The number of hydrogen-bond acceptors (Lipinski definition) is 8. The number of thiocarbonyl (C=S) groups is 1. The Morgan fingerprint density at radius 3 is 2.92 bits per heavy atom. The minimum Gasteiger partial charge on any atom is -0.394 e. The van der Waals surface area contributed by atoms with E-state index in [2.05, 4.69) is 20.0 Å². The second-order valence-electron chi connectivity index (χ2n) is 5.21. The highest BCUT2D eigenvalue weighted by molar-refractivity contribution is 7.80. The highest BCUT2D eigenvalue weighted by Gasteiger charge is 2.44. The van der Waals surface area contributed by atoms with Gasteiger partial charge in [0.15, 0.2) is 0 Å². The van der Waals surface area contributed by atoms with Crippen molar-refractivity contribution in [2.75, 3.05) is 12.3 Å². The number of nitrogens with two attached hydrogens (primary N) is 2. The van der Waals surface area contributed by atoms with Crippen molar-refractivity contribution in [1.82, 2.24) is 14.5 Å². The molecule has 12 heteroatoms. The van der Waals surface area contributed by atoms with Crippen LogP contribution in [-0.2, 0) is 4.74 Å². The number of rotatable bonds is 4. The highest BCUT2D eigenvalue weighted by atomic mass is 32.1. The standard InChI is InChI=1S/C12H14N8O3S/c13-9-6-4(10(14)24)1-20(11(6)17-3-16-9)12-7(18-19-15)8(22)5(2-21)23-12/h1,3,5,7-8,12,21-22H,2H2,(H2,14,24)(H2,13,16,17)/t5-,7+,8-,12-/m1/s1. The number of ether oxygens (including phenoxy) is 1. The molecule has 0 aliphatic carbocycles. The fraction of sp³-hybridized carbons (Fsp3) is 0.417. The van der Waals surface area contributed by atoms with Crippen molar-refractivity contribution in [2.24, 2.45) is 10.8 Å². The number of nitrogens with zero attached hydrogens (tertiary/aromatic N) is 6. The number of anilines is 1. The zero-order valence-electron chi connectivity index (χ0n) is 12.2. The lowest BCUT2D eigenvalue weighted by molar-refractivity contribution is -0.0435. The van der Waals surface area contributed by atoms with Crippen LogP contribution in [0.25, 0.3) is 21.5 Å². The van der Waals surface area contributed by atoms with Gasteiger partial charge in [0, 0.05) is 16.7 Å². The van der Waals surface area contributed by atoms with Gasteiger partial charge in [0.1, 0.15) is 41.2 Å². The topological polar surface area (TPSA) is 181 Å². The Labute approximate surface area is 140 Å². The fourth-order valence-corrected chi connectivity index (χ4v) is 2.94. The van der Waals surface area contributed by atoms with Crippen LogP contribution in [0.2, 0.25) is 0 Å². The average molecular weight is 350 g/mol. The summed E-state index contributed by atoms with van der Waals surface area (Å²) in [5.74, 6) is 0.180. The third-order valence-corrected chi connectivity index (χ3v) is 4.10. The first-order valence-corrected chi connectivity index (χ1v) is 7.29. The third kappa shape index (κ3) is 2.42. The lowest BCUT2D eigenvalue weighted by Gasteiger charge is -2.17. The van der Waals surface area contributed by atoms with Gasteiger partial charge in [-0.25, -0.2) is 9.97 Å². The first-order valence-electron chi connectivity index (χ1n) is 6.89. The normalized spacial score (nSPS) is 26.4. The molecule has 24 heavy (non-hydrogen) atoms. The summed E-state index contributed by atoms with van der Waals surface area (Å²) in [6.07, 6.45) is -0.187. The van der Waals surface area contributed by atoms with Gasteiger partial charge < -0.3 is 31.0 Å². The van der Waals surface area contributed by atoms with Gasteiger partial charge in [0.05, 0.1) is 18.1 Å². The quantitative estimate of drug-likeness (QED) is 0.248. The molecular formula is C12H14N8O3S. The zero-order chi connectivity index (χ0) is 17.4. The molecule has 2 aromatic heterocycles. The number of nitrogen functional groups attached to an aromatic ring is 1. The SMILES string of the molecule is [N-]=[N+]=N[C@H]1[C@H](O)[C@@H](CO)O[C@H]1n1cc(C(N)=S)c2c(N)ncnc21. The minimum absolute atomic E-state index is 0.0813. The second-order valence-corrected chi connectivity index (χ2v) is 5.65. The van der Waals surface area contributed by atoms with E-state index < -0.39 is 31.1 Å². The molecule has 126 valence electrons. The molecule has 1 fully saturated rings. The largest absolute Gasteiger partial charge is 0.394 e. The van der Waals surface area contributed by atoms with E-state index in [0.717, 1.165) is 0 Å². The van der Waals surface area contributed by atoms with E-state index in [0.29, 0.717) is 16.6 Å². The second kappa shape index (κ2) is 6.19. The van der Waals surface area contributed by atoms with Gasteiger partial charge >= 0.3 is 0 Å². The Morgan fingerprint density at radius 1 is 1.54 bits per heavy atom. The summed E-state index contributed by atoms with van der Waals surface area (Å²) in [5, 5.41) is 23.5. The third-order valence-electron chi connectivity index (χ3n) is 3.88. The molecule has 0 saturated carbocycles. The molecule has 0 unspecified atom stereocenters. The smallest absolute Gasteiger partial charge is 0.148 e. The Hall–Kier alpha value is -2.50. The number of aromatic nitrogens is 3. The van der Waals surface area contributed by atoms with Gasteiger partial charge in [0.25, 0.3) is 0 Å². The molecule has 1 aliphatic heterocycles. The summed E-state index contributed by atoms with van der Waals surface area (Å²) in [4.78, 5) is 10.9. The molecule has 3 rings (SSSR count). The van der Waals surface area contributed by atoms with E-state index >= 15 is 0 Å². The van der Waals surface area contributed by atoms with Crippen LogP contribution in [0.4, 0.5) is 5.82 Å². The highest BCUT2D eigenvalue weighted by Crippen LogP contribution is 2.36. The summed E-state index contributed by atoms with van der Waals surface area (Å²) in [6, 6.07) is -0.974. The Morgan fingerprint density at radius 2 is 2.29 bits per heavy atom. The molecule has 0 bridgehead atoms. The summed E-state index contributed by atoms with van der Waals surface area (Å²) in [7, 11) is 0. The Kier molecular flexibility index (Phi) is 4.22. The number of fused-ring (bicyclic) bond motifs is 1. The number of hydrogen-bond donors (Lipinski definition) is 4. The van der Waals surface area contributed by atoms with Crippen molar-refractivity contribution < 1.29 is 14.9 Å². The molecule has 3 heterocycles. The monoisotopic (exact) mass is 350 g/mol. The van der Waals surface area contributed by atoms with E-state index in [9.17, 15) is 10.2 Å². The Balaban J connectivity index is 2.20. The predicted octanol–water partition coefficient (Wildman–Crippen LogP) is -0.423. The first-order chi connectivity index (χ1) is 11.5. The van der Waals surface area contributed by atoms with Crippen molar-refractivity contribution in [3.05, 3.63) is 28.5 Å². The molecule has 1 saturated heterocycles. The average Bonchev–Trinajstić information content (AvgIpc) is 3.08. The van der Waals surface area contributed by atoms with Crippen LogP contribution < -0.4 is 11.5 Å². The van der Waals surface area contributed by atoms with Crippen molar-refractivity contribution in [3.8, 4) is 0 Å². The van der Waals surface area contributed by atoms with E-state index in [-0.39, 0.29) is 10.8 Å². The van der Waals surface area contributed by atoms with Gasteiger partial charge in [-0.05, 0) is 5.53 Å². The zero-order valence-corrected chi connectivity index (χ0v) is 13.0. The van der Waals surface area contributed by atoms with Crippen molar-refractivity contribution in [1.29, 1.82) is 0 Å². The fourth-order valence-electron chi connectivity index (χ4n) is 2.78. The van der Waals surface area contributed by atoms with Crippen LogP contribution in [0.3, 0.4) is 0 Å². The maximum atomic E-state index is 10.2. The molecule has 1 aliphatic rings. The van der Waals surface area contributed by atoms with Crippen LogP contribution in [0.1, 0.15) is 11.8 Å². The molecular weight excluding hydrogens is 336 g/mol. The van der Waals surface area contributed by atoms with E-state index in [1.54, 1.807) is 6.20 Å². The van der Waals surface area contributed by atoms with Crippen molar-refractivity contribution in [2.45, 2.75) is 24.5 Å². The van der Waals surface area contributed by atoms with Gasteiger partial charge in [0.2, 0.25) is 0 Å². The van der Waals surface area contributed by atoms with Crippen molar-refractivity contribution in [3.63, 3.8) is 0 Å². The maximum absolute atomic E-state index is 10.2. The minimum atomic E-state index is -1.18. The van der Waals surface area contributed by atoms with Crippen LogP contribution >= 0.6 is 12.2 Å². The summed E-state index contributed by atoms with van der Waals surface area (Å²) < 4.78 is 7.14. The molecule has 0 amide bonds. The molecule has 0 aromatic carbocycles. The Bertz CT molecular complexity index is 848. The van der Waals surface area contributed by atoms with Gasteiger partial charge in [-0.1, -0.05) is 17.3 Å². The van der Waals surface area contributed by atoms with Crippen molar-refractivity contribution >= 4 is 34.1 Å². The number of aliphatic hydroxyl groups is 2. The molecule has 0 radical (unpaired) electrons. The molecule has 11 nitrogen and oxygen atoms in total. The number of aliphatic hydroxyl groups excluding tert-OH is 2. The van der Waals surface area contributed by atoms with Crippen LogP contribution in [0, 0.1) is 0 Å². The van der Waals surface area contributed by atoms with E-state index in [1.165, 1.54) is 10.9 Å².